The standard InChI is InChI=1S/C10H13N3O4/c1-5-11-7(13-17-5)8(14)12-10(2,9(15)16)6-3-4-6/h6H,3-4H2,1-2H3,(H,12,14)(H,15,16). The molecule has 0 aliphatic heterocycles. The van der Waals surface area contributed by atoms with E-state index in [0.29, 0.717) is 0 Å². The Balaban J connectivity index is 2.14. The van der Waals surface area contributed by atoms with E-state index in [2.05, 4.69) is 20.0 Å². The normalized spacial score (nSPS) is 18.5. The van der Waals surface area contributed by atoms with E-state index in [1.165, 1.54) is 6.92 Å². The summed E-state index contributed by atoms with van der Waals surface area (Å²) in [4.78, 5) is 26.7. The van der Waals surface area contributed by atoms with Crippen LogP contribution in [-0.2, 0) is 4.79 Å². The van der Waals surface area contributed by atoms with Gasteiger partial charge in [0.2, 0.25) is 5.89 Å². The summed E-state index contributed by atoms with van der Waals surface area (Å²) in [6, 6.07) is 0. The maximum absolute atomic E-state index is 11.8. The SMILES string of the molecule is Cc1nc(C(=O)NC(C)(C(=O)O)C2CC2)no1. The van der Waals surface area contributed by atoms with Crippen LogP contribution in [0.3, 0.4) is 0 Å². The molecule has 1 saturated carbocycles. The average Bonchev–Trinajstić information content (AvgIpc) is 3.01. The number of nitrogens with zero attached hydrogens (tertiary/aromatic N) is 2. The highest BCUT2D eigenvalue weighted by atomic mass is 16.5. The quantitative estimate of drug-likeness (QED) is 0.785. The molecular formula is C10H13N3O4. The molecule has 7 nitrogen and oxygen atoms in total. The van der Waals surface area contributed by atoms with Gasteiger partial charge in [-0.05, 0) is 25.7 Å². The Morgan fingerprint density at radius 1 is 1.53 bits per heavy atom. The zero-order valence-electron chi connectivity index (χ0n) is 9.56. The molecule has 1 heterocycles. The van der Waals surface area contributed by atoms with Crippen molar-refractivity contribution >= 4 is 11.9 Å². The number of hydrogen-bond donors (Lipinski definition) is 2. The van der Waals surface area contributed by atoms with Gasteiger partial charge in [-0.3, -0.25) is 4.79 Å². The summed E-state index contributed by atoms with van der Waals surface area (Å²) in [7, 11) is 0. The summed E-state index contributed by atoms with van der Waals surface area (Å²) in [5, 5.41) is 15.1. The molecule has 1 aliphatic carbocycles. The predicted molar refractivity (Wildman–Crippen MR) is 55.3 cm³/mol. The van der Waals surface area contributed by atoms with Crippen molar-refractivity contribution < 1.29 is 19.2 Å². The number of aliphatic carboxylic acids is 1. The molecule has 1 atom stereocenters. The summed E-state index contributed by atoms with van der Waals surface area (Å²) >= 11 is 0. The molecule has 1 amide bonds. The monoisotopic (exact) mass is 239 g/mol. The number of amides is 1. The highest BCUT2D eigenvalue weighted by Gasteiger charge is 2.49. The first-order chi connectivity index (χ1) is 7.93. The second-order valence-electron chi connectivity index (χ2n) is 4.37. The van der Waals surface area contributed by atoms with Gasteiger partial charge in [-0.25, -0.2) is 4.79 Å². The second kappa shape index (κ2) is 3.83. The van der Waals surface area contributed by atoms with E-state index in [0.717, 1.165) is 12.8 Å². The lowest BCUT2D eigenvalue weighted by atomic mass is 9.96. The molecule has 2 N–H and O–H groups in total. The predicted octanol–water partition coefficient (Wildman–Crippen LogP) is 0.361. The molecular weight excluding hydrogens is 226 g/mol. The largest absolute Gasteiger partial charge is 0.480 e. The van der Waals surface area contributed by atoms with Gasteiger partial charge >= 0.3 is 5.97 Å². The average molecular weight is 239 g/mol. The lowest BCUT2D eigenvalue weighted by Gasteiger charge is -2.25. The van der Waals surface area contributed by atoms with Crippen molar-refractivity contribution in [3.8, 4) is 0 Å². The number of aryl methyl sites for hydroxylation is 1. The van der Waals surface area contributed by atoms with Gasteiger partial charge in [0.1, 0.15) is 5.54 Å². The summed E-state index contributed by atoms with van der Waals surface area (Å²) in [6.45, 7) is 3.05. The minimum Gasteiger partial charge on any atom is -0.480 e. The molecule has 17 heavy (non-hydrogen) atoms. The molecule has 1 aliphatic rings. The number of rotatable bonds is 4. The van der Waals surface area contributed by atoms with E-state index in [9.17, 15) is 9.59 Å². The zero-order valence-corrected chi connectivity index (χ0v) is 9.56. The molecule has 0 saturated heterocycles. The minimum absolute atomic E-state index is 0.0306. The third kappa shape index (κ3) is 2.13. The van der Waals surface area contributed by atoms with Gasteiger partial charge in [0, 0.05) is 6.92 Å². The summed E-state index contributed by atoms with van der Waals surface area (Å²) < 4.78 is 4.67. The fourth-order valence-corrected chi connectivity index (χ4v) is 1.67. The van der Waals surface area contributed by atoms with E-state index < -0.39 is 17.4 Å². The smallest absolute Gasteiger partial charge is 0.329 e. The molecule has 7 heteroatoms. The van der Waals surface area contributed by atoms with Crippen LogP contribution in [0.1, 0.15) is 36.3 Å². The fraction of sp³-hybridized carbons (Fsp3) is 0.600. The molecule has 1 aromatic rings. The van der Waals surface area contributed by atoms with Crippen molar-refractivity contribution in [2.75, 3.05) is 0 Å². The lowest BCUT2D eigenvalue weighted by molar-refractivity contribution is -0.144. The molecule has 2 rings (SSSR count). The van der Waals surface area contributed by atoms with E-state index in [1.807, 2.05) is 0 Å². The van der Waals surface area contributed by atoms with Crippen LogP contribution in [0.2, 0.25) is 0 Å². The van der Waals surface area contributed by atoms with Gasteiger partial charge in [0.15, 0.2) is 0 Å². The van der Waals surface area contributed by atoms with Gasteiger partial charge in [-0.15, -0.1) is 0 Å². The summed E-state index contributed by atoms with van der Waals surface area (Å²) in [5.41, 5.74) is -1.26. The zero-order chi connectivity index (χ0) is 12.6. The van der Waals surface area contributed by atoms with Crippen molar-refractivity contribution in [2.24, 2.45) is 5.92 Å². The Labute approximate surface area is 97.2 Å². The van der Waals surface area contributed by atoms with E-state index in [1.54, 1.807) is 6.92 Å². The molecule has 0 aromatic carbocycles. The Bertz CT molecular complexity index is 466. The Morgan fingerprint density at radius 3 is 2.59 bits per heavy atom. The fourth-order valence-electron chi connectivity index (χ4n) is 1.67. The van der Waals surface area contributed by atoms with Crippen LogP contribution in [0.25, 0.3) is 0 Å². The lowest BCUT2D eigenvalue weighted by Crippen LogP contribution is -2.54. The molecule has 92 valence electrons. The topological polar surface area (TPSA) is 105 Å². The van der Waals surface area contributed by atoms with Crippen LogP contribution >= 0.6 is 0 Å². The number of nitrogens with one attached hydrogen (secondary N) is 1. The summed E-state index contributed by atoms with van der Waals surface area (Å²) in [5.74, 6) is -1.58. The number of carbonyl (C=O) groups is 2. The van der Waals surface area contributed by atoms with Gasteiger partial charge in [0.25, 0.3) is 11.7 Å². The van der Waals surface area contributed by atoms with Crippen LogP contribution in [0, 0.1) is 12.8 Å². The number of carboxylic acid groups (broad SMARTS) is 1. The van der Waals surface area contributed by atoms with Crippen LogP contribution < -0.4 is 5.32 Å². The molecule has 1 fully saturated rings. The number of carboxylic acids is 1. The van der Waals surface area contributed by atoms with Crippen LogP contribution in [0.4, 0.5) is 0 Å². The molecule has 1 unspecified atom stereocenters. The molecule has 0 spiro atoms. The van der Waals surface area contributed by atoms with Gasteiger partial charge in [0.05, 0.1) is 0 Å². The first kappa shape index (κ1) is 11.6. The van der Waals surface area contributed by atoms with Crippen molar-refractivity contribution in [3.63, 3.8) is 0 Å². The maximum atomic E-state index is 11.8. The van der Waals surface area contributed by atoms with Crippen LogP contribution in [0.15, 0.2) is 4.52 Å². The van der Waals surface area contributed by atoms with Crippen LogP contribution in [-0.4, -0.2) is 32.7 Å². The maximum Gasteiger partial charge on any atom is 0.329 e. The first-order valence-corrected chi connectivity index (χ1v) is 5.29. The van der Waals surface area contributed by atoms with Gasteiger partial charge in [-0.1, -0.05) is 5.16 Å². The second-order valence-corrected chi connectivity index (χ2v) is 4.37. The Hall–Kier alpha value is -1.92. The van der Waals surface area contributed by atoms with Crippen molar-refractivity contribution in [1.82, 2.24) is 15.5 Å². The number of hydrogen-bond acceptors (Lipinski definition) is 5. The highest BCUT2D eigenvalue weighted by Crippen LogP contribution is 2.39. The number of carbonyl (C=O) groups excluding carboxylic acids is 1. The van der Waals surface area contributed by atoms with Gasteiger partial charge in [-0.2, -0.15) is 4.98 Å². The van der Waals surface area contributed by atoms with Gasteiger partial charge < -0.3 is 14.9 Å². The summed E-state index contributed by atoms with van der Waals surface area (Å²) in [6.07, 6.45) is 1.60. The van der Waals surface area contributed by atoms with E-state index >= 15 is 0 Å². The van der Waals surface area contributed by atoms with Crippen LogP contribution in [0.5, 0.6) is 0 Å². The highest BCUT2D eigenvalue weighted by molar-refractivity contribution is 5.95. The first-order valence-electron chi connectivity index (χ1n) is 5.29. The molecule has 0 radical (unpaired) electrons. The third-order valence-corrected chi connectivity index (χ3v) is 2.94. The Morgan fingerprint density at radius 2 is 2.18 bits per heavy atom. The van der Waals surface area contributed by atoms with E-state index in [4.69, 9.17) is 5.11 Å². The van der Waals surface area contributed by atoms with Crippen molar-refractivity contribution in [3.05, 3.63) is 11.7 Å². The van der Waals surface area contributed by atoms with E-state index in [-0.39, 0.29) is 17.6 Å². The van der Waals surface area contributed by atoms with Crippen molar-refractivity contribution in [1.29, 1.82) is 0 Å². The molecule has 1 aromatic heterocycles. The molecule has 0 bridgehead atoms. The van der Waals surface area contributed by atoms with Crippen molar-refractivity contribution in [2.45, 2.75) is 32.2 Å². The number of aromatic nitrogens is 2. The minimum atomic E-state index is -1.26. The third-order valence-electron chi connectivity index (χ3n) is 2.94. The Kier molecular flexibility index (Phi) is 2.60.